The Morgan fingerprint density at radius 1 is 1.07 bits per heavy atom. The van der Waals surface area contributed by atoms with Crippen molar-refractivity contribution in [1.29, 1.82) is 0 Å². The SMILES string of the molecule is CC(C)[Si]1(C(C)C)O[C@@H](c2ccccc2)[C@H](C)/C1=C/CCO[Si](C)(C)C(C)(C)C. The van der Waals surface area contributed by atoms with Crippen LogP contribution in [0.1, 0.15) is 73.5 Å². The van der Waals surface area contributed by atoms with Gasteiger partial charge in [-0.05, 0) is 41.2 Å². The summed E-state index contributed by atoms with van der Waals surface area (Å²) >= 11 is 0. The molecule has 2 rings (SSSR count). The summed E-state index contributed by atoms with van der Waals surface area (Å²) in [6.07, 6.45) is 3.68. The molecule has 1 aromatic carbocycles. The molecular weight excluding hydrogens is 388 g/mol. The zero-order valence-corrected chi connectivity index (χ0v) is 22.5. The van der Waals surface area contributed by atoms with Gasteiger partial charge in [0, 0.05) is 12.5 Å². The van der Waals surface area contributed by atoms with E-state index < -0.39 is 16.6 Å². The van der Waals surface area contributed by atoms with E-state index in [1.807, 2.05) is 0 Å². The topological polar surface area (TPSA) is 18.5 Å². The Morgan fingerprint density at radius 3 is 2.10 bits per heavy atom. The molecule has 0 aliphatic carbocycles. The van der Waals surface area contributed by atoms with Crippen molar-refractivity contribution in [1.82, 2.24) is 0 Å². The highest BCUT2D eigenvalue weighted by Crippen LogP contribution is 2.54. The Kier molecular flexibility index (Phi) is 7.81. The van der Waals surface area contributed by atoms with Gasteiger partial charge in [-0.3, -0.25) is 0 Å². The number of benzene rings is 1. The maximum absolute atomic E-state index is 7.07. The molecule has 164 valence electrons. The minimum atomic E-state index is -2.04. The summed E-state index contributed by atoms with van der Waals surface area (Å²) < 4.78 is 13.5. The Balaban J connectivity index is 2.29. The fourth-order valence-electron chi connectivity index (χ4n) is 4.59. The standard InChI is InChI=1S/C25H44O2Si2/c1-19(2)29(20(3)4)23(17-14-18-26-28(9,10)25(6,7)8)21(5)24(27-29)22-15-12-11-13-16-22/h11-13,15-17,19-21,24H,14,18H2,1-10H3/b23-17-/t21-,24-/m1/s1. The van der Waals surface area contributed by atoms with Gasteiger partial charge in [-0.15, -0.1) is 0 Å². The van der Waals surface area contributed by atoms with Crippen molar-refractivity contribution < 1.29 is 8.85 Å². The van der Waals surface area contributed by atoms with Crippen molar-refractivity contribution in [3.63, 3.8) is 0 Å². The Hall–Kier alpha value is -0.686. The van der Waals surface area contributed by atoms with E-state index in [9.17, 15) is 0 Å². The first-order valence-electron chi connectivity index (χ1n) is 11.4. The lowest BCUT2D eigenvalue weighted by Gasteiger charge is -2.37. The lowest BCUT2D eigenvalue weighted by molar-refractivity contribution is 0.182. The van der Waals surface area contributed by atoms with Crippen LogP contribution in [0, 0.1) is 5.92 Å². The molecule has 1 fully saturated rings. The molecule has 1 saturated heterocycles. The number of rotatable bonds is 7. The minimum absolute atomic E-state index is 0.181. The highest BCUT2D eigenvalue weighted by molar-refractivity contribution is 6.84. The average molecular weight is 433 g/mol. The first kappa shape index (κ1) is 24.6. The maximum atomic E-state index is 7.07. The summed E-state index contributed by atoms with van der Waals surface area (Å²) in [6, 6.07) is 10.8. The summed E-state index contributed by atoms with van der Waals surface area (Å²) in [5.74, 6) is 0.432. The third kappa shape index (κ3) is 4.97. The fourth-order valence-corrected chi connectivity index (χ4v) is 11.1. The van der Waals surface area contributed by atoms with Crippen LogP contribution in [0.2, 0.25) is 29.2 Å². The van der Waals surface area contributed by atoms with E-state index in [4.69, 9.17) is 8.85 Å². The van der Waals surface area contributed by atoms with E-state index in [2.05, 4.69) is 105 Å². The van der Waals surface area contributed by atoms with E-state index in [0.717, 1.165) is 13.0 Å². The molecule has 0 amide bonds. The molecule has 0 aromatic heterocycles. The summed E-state index contributed by atoms with van der Waals surface area (Å²) in [7, 11) is -3.73. The van der Waals surface area contributed by atoms with Gasteiger partial charge < -0.3 is 8.85 Å². The molecule has 1 aliphatic rings. The summed E-state index contributed by atoms with van der Waals surface area (Å²) in [6.45, 7) is 24.3. The van der Waals surface area contributed by atoms with Gasteiger partial charge in [0.1, 0.15) is 0 Å². The molecule has 0 N–H and O–H groups in total. The summed E-state index contributed by atoms with van der Waals surface area (Å²) in [4.78, 5) is 0. The molecule has 0 saturated carbocycles. The normalized spacial score (nSPS) is 24.1. The predicted molar refractivity (Wildman–Crippen MR) is 131 cm³/mol. The zero-order chi connectivity index (χ0) is 22.0. The largest absolute Gasteiger partial charge is 0.417 e. The van der Waals surface area contributed by atoms with Crippen LogP contribution in [0.15, 0.2) is 41.6 Å². The zero-order valence-electron chi connectivity index (χ0n) is 20.5. The highest BCUT2D eigenvalue weighted by atomic mass is 28.4. The van der Waals surface area contributed by atoms with Gasteiger partial charge in [0.25, 0.3) is 0 Å². The molecule has 29 heavy (non-hydrogen) atoms. The molecule has 1 aromatic rings. The van der Waals surface area contributed by atoms with Gasteiger partial charge in [-0.1, -0.05) is 97.0 Å². The Morgan fingerprint density at radius 2 is 1.62 bits per heavy atom. The molecule has 0 unspecified atom stereocenters. The molecular formula is C25H44O2Si2. The minimum Gasteiger partial charge on any atom is -0.417 e. The fraction of sp³-hybridized carbons (Fsp3) is 0.680. The third-order valence-corrected chi connectivity index (χ3v) is 17.5. The monoisotopic (exact) mass is 432 g/mol. The van der Waals surface area contributed by atoms with Crippen LogP contribution in [0.5, 0.6) is 0 Å². The summed E-state index contributed by atoms with van der Waals surface area (Å²) in [5.41, 5.74) is 2.44. The van der Waals surface area contributed by atoms with Crippen LogP contribution < -0.4 is 0 Å². The van der Waals surface area contributed by atoms with E-state index in [1.165, 1.54) is 5.56 Å². The molecule has 1 heterocycles. The van der Waals surface area contributed by atoms with Gasteiger partial charge in [0.2, 0.25) is 8.32 Å². The van der Waals surface area contributed by atoms with Crippen molar-refractivity contribution in [2.75, 3.05) is 6.61 Å². The van der Waals surface area contributed by atoms with Crippen molar-refractivity contribution in [3.05, 3.63) is 47.2 Å². The maximum Gasteiger partial charge on any atom is 0.226 e. The van der Waals surface area contributed by atoms with Crippen LogP contribution in [0.3, 0.4) is 0 Å². The third-order valence-electron chi connectivity index (χ3n) is 7.31. The van der Waals surface area contributed by atoms with E-state index >= 15 is 0 Å². The summed E-state index contributed by atoms with van der Waals surface area (Å²) in [5, 5.41) is 1.87. The van der Waals surface area contributed by atoms with Gasteiger partial charge in [-0.2, -0.15) is 0 Å². The molecule has 0 spiro atoms. The van der Waals surface area contributed by atoms with Crippen molar-refractivity contribution >= 4 is 16.6 Å². The molecule has 0 radical (unpaired) electrons. The predicted octanol–water partition coefficient (Wildman–Crippen LogP) is 8.04. The van der Waals surface area contributed by atoms with Gasteiger partial charge in [0.05, 0.1) is 6.10 Å². The smallest absolute Gasteiger partial charge is 0.226 e. The van der Waals surface area contributed by atoms with Crippen molar-refractivity contribution in [2.24, 2.45) is 5.92 Å². The quantitative estimate of drug-likeness (QED) is 0.320. The van der Waals surface area contributed by atoms with Crippen LogP contribution in [0.25, 0.3) is 0 Å². The number of hydrogen-bond acceptors (Lipinski definition) is 2. The lowest BCUT2D eigenvalue weighted by Crippen LogP contribution is -2.43. The van der Waals surface area contributed by atoms with Gasteiger partial charge >= 0.3 is 0 Å². The first-order chi connectivity index (χ1) is 13.3. The first-order valence-corrected chi connectivity index (χ1v) is 16.4. The van der Waals surface area contributed by atoms with Crippen molar-refractivity contribution in [2.45, 2.75) is 97.1 Å². The van der Waals surface area contributed by atoms with Crippen LogP contribution in [0.4, 0.5) is 0 Å². The highest BCUT2D eigenvalue weighted by Gasteiger charge is 2.55. The van der Waals surface area contributed by atoms with Crippen LogP contribution in [-0.4, -0.2) is 23.2 Å². The van der Waals surface area contributed by atoms with E-state index in [-0.39, 0.29) is 11.1 Å². The Labute approximate surface area is 182 Å². The van der Waals surface area contributed by atoms with Crippen LogP contribution >= 0.6 is 0 Å². The van der Waals surface area contributed by atoms with E-state index in [1.54, 1.807) is 5.20 Å². The Bertz CT molecular complexity index is 679. The second-order valence-electron chi connectivity index (χ2n) is 10.9. The van der Waals surface area contributed by atoms with Gasteiger partial charge in [0.15, 0.2) is 8.32 Å². The molecule has 1 aliphatic heterocycles. The van der Waals surface area contributed by atoms with Gasteiger partial charge in [-0.25, -0.2) is 0 Å². The molecule has 0 bridgehead atoms. The van der Waals surface area contributed by atoms with E-state index in [0.29, 0.717) is 17.0 Å². The van der Waals surface area contributed by atoms with Crippen LogP contribution in [-0.2, 0) is 8.85 Å². The molecule has 4 heteroatoms. The second kappa shape index (κ2) is 9.21. The number of hydrogen-bond donors (Lipinski definition) is 0. The average Bonchev–Trinajstić information content (AvgIpc) is 2.92. The lowest BCUT2D eigenvalue weighted by atomic mass is 9.96. The molecule has 2 nitrogen and oxygen atoms in total. The van der Waals surface area contributed by atoms with Crippen molar-refractivity contribution in [3.8, 4) is 0 Å². The molecule has 2 atom stereocenters. The second-order valence-corrected chi connectivity index (χ2v) is 20.4.